The minimum absolute atomic E-state index is 0.0442. The molecule has 0 saturated carbocycles. The van der Waals surface area contributed by atoms with E-state index in [1.54, 1.807) is 0 Å². The minimum atomic E-state index is -0.462. The van der Waals surface area contributed by atoms with E-state index in [-0.39, 0.29) is 10.7 Å². The van der Waals surface area contributed by atoms with Crippen LogP contribution in [0.25, 0.3) is 0 Å². The normalized spacial score (nSPS) is 15.7. The van der Waals surface area contributed by atoms with E-state index >= 15 is 0 Å². The van der Waals surface area contributed by atoms with Crippen molar-refractivity contribution in [3.63, 3.8) is 0 Å². The average molecular weight is 336 g/mol. The largest absolute Gasteiger partial charge is 0.481 e. The highest BCUT2D eigenvalue weighted by Crippen LogP contribution is 2.26. The maximum atomic E-state index is 12.1. The van der Waals surface area contributed by atoms with E-state index in [1.807, 2.05) is 24.8 Å². The van der Waals surface area contributed by atoms with Crippen molar-refractivity contribution >= 4 is 17.7 Å². The Morgan fingerprint density at radius 1 is 1.26 bits per heavy atom. The molecule has 0 saturated heterocycles. The number of fused-ring (bicyclic) bond motifs is 1. The van der Waals surface area contributed by atoms with Crippen molar-refractivity contribution in [2.45, 2.75) is 64.2 Å². The molecule has 0 aliphatic heterocycles. The summed E-state index contributed by atoms with van der Waals surface area (Å²) in [5, 5.41) is 2.95. The van der Waals surface area contributed by atoms with Gasteiger partial charge in [0.1, 0.15) is 5.75 Å². The fourth-order valence-corrected chi connectivity index (χ4v) is 3.53. The molecule has 0 radical (unpaired) electrons. The van der Waals surface area contributed by atoms with Crippen LogP contribution < -0.4 is 10.1 Å². The molecule has 128 valence electrons. The van der Waals surface area contributed by atoms with Gasteiger partial charge >= 0.3 is 0 Å². The summed E-state index contributed by atoms with van der Waals surface area (Å²) in [6, 6.07) is 6.24. The summed E-state index contributed by atoms with van der Waals surface area (Å²) < 4.78 is 6.05. The van der Waals surface area contributed by atoms with E-state index in [4.69, 9.17) is 4.74 Å². The molecule has 1 N–H and O–H groups in total. The molecule has 0 fully saturated rings. The average Bonchev–Trinajstić information content (AvgIpc) is 2.50. The molecule has 0 spiro atoms. The predicted octanol–water partition coefficient (Wildman–Crippen LogP) is 3.98. The molecule has 1 aromatic rings. The van der Waals surface area contributed by atoms with Crippen LogP contribution in [0.4, 0.5) is 0 Å². The van der Waals surface area contributed by atoms with Crippen molar-refractivity contribution in [2.24, 2.45) is 0 Å². The first-order valence-electron chi connectivity index (χ1n) is 8.55. The van der Waals surface area contributed by atoms with Gasteiger partial charge in [-0.3, -0.25) is 4.79 Å². The smallest absolute Gasteiger partial charge is 0.260 e. The lowest BCUT2D eigenvalue weighted by Crippen LogP contribution is -2.37. The van der Waals surface area contributed by atoms with Crippen molar-refractivity contribution in [2.75, 3.05) is 12.3 Å². The highest BCUT2D eigenvalue weighted by atomic mass is 32.2. The quantitative estimate of drug-likeness (QED) is 0.799. The molecule has 0 unspecified atom stereocenters. The Morgan fingerprint density at radius 2 is 1.96 bits per heavy atom. The Hall–Kier alpha value is -1.16. The number of ether oxygens (including phenoxy) is 1. The Kier molecular flexibility index (Phi) is 6.40. The number of carbonyl (C=O) groups is 1. The number of benzene rings is 1. The predicted molar refractivity (Wildman–Crippen MR) is 98.4 cm³/mol. The van der Waals surface area contributed by atoms with Gasteiger partial charge in [0.15, 0.2) is 6.10 Å². The summed E-state index contributed by atoms with van der Waals surface area (Å²) >= 11 is 1.85. The number of rotatable bonds is 6. The third-order valence-corrected chi connectivity index (χ3v) is 5.21. The van der Waals surface area contributed by atoms with Gasteiger partial charge in [0, 0.05) is 17.0 Å². The molecule has 0 heterocycles. The lowest BCUT2D eigenvalue weighted by molar-refractivity contribution is -0.127. The molecular weight excluding hydrogens is 306 g/mol. The number of amides is 1. The highest BCUT2D eigenvalue weighted by molar-refractivity contribution is 8.00. The second kappa shape index (κ2) is 8.09. The van der Waals surface area contributed by atoms with Crippen molar-refractivity contribution in [1.29, 1.82) is 0 Å². The maximum absolute atomic E-state index is 12.1. The molecule has 4 heteroatoms. The van der Waals surface area contributed by atoms with Crippen LogP contribution in [-0.4, -0.2) is 29.1 Å². The van der Waals surface area contributed by atoms with Crippen molar-refractivity contribution < 1.29 is 9.53 Å². The highest BCUT2D eigenvalue weighted by Gasteiger charge is 2.16. The van der Waals surface area contributed by atoms with Crippen LogP contribution >= 0.6 is 11.8 Å². The number of aryl methyl sites for hydroxylation is 2. The molecule has 1 aromatic carbocycles. The third-order valence-electron chi connectivity index (χ3n) is 3.94. The molecule has 0 bridgehead atoms. The number of hydrogen-bond donors (Lipinski definition) is 1. The second-order valence-corrected chi connectivity index (χ2v) is 9.07. The van der Waals surface area contributed by atoms with Gasteiger partial charge in [-0.1, -0.05) is 26.8 Å². The summed E-state index contributed by atoms with van der Waals surface area (Å²) in [6.07, 6.45) is 4.35. The summed E-state index contributed by atoms with van der Waals surface area (Å²) in [6.45, 7) is 9.04. The molecule has 2 rings (SSSR count). The Bertz CT molecular complexity index is 537. The molecule has 1 amide bonds. The zero-order chi connectivity index (χ0) is 16.9. The van der Waals surface area contributed by atoms with Gasteiger partial charge < -0.3 is 10.1 Å². The van der Waals surface area contributed by atoms with E-state index in [0.29, 0.717) is 6.54 Å². The molecule has 0 aromatic heterocycles. The number of carbonyl (C=O) groups excluding carboxylic acids is 1. The number of hydrogen-bond acceptors (Lipinski definition) is 3. The minimum Gasteiger partial charge on any atom is -0.481 e. The van der Waals surface area contributed by atoms with Crippen LogP contribution in [0.2, 0.25) is 0 Å². The molecule has 1 atom stereocenters. The summed E-state index contributed by atoms with van der Waals surface area (Å²) in [4.78, 5) is 12.1. The number of nitrogens with one attached hydrogen (secondary N) is 1. The van der Waals surface area contributed by atoms with E-state index in [0.717, 1.165) is 24.3 Å². The zero-order valence-corrected chi connectivity index (χ0v) is 15.6. The molecular formula is C19H29NO2S. The standard InChI is InChI=1S/C19H29NO2S/c1-14(18(21)20-11-12-23-19(2,3)4)22-17-10-9-15-7-5-6-8-16(15)13-17/h9-10,13-14H,5-8,11-12H2,1-4H3,(H,20,21)/t14-/m1/s1. The van der Waals surface area contributed by atoms with E-state index < -0.39 is 6.10 Å². The van der Waals surface area contributed by atoms with Crippen molar-refractivity contribution in [1.82, 2.24) is 5.32 Å². The Morgan fingerprint density at radius 3 is 2.65 bits per heavy atom. The first-order chi connectivity index (χ1) is 10.8. The first kappa shape index (κ1) is 18.2. The van der Waals surface area contributed by atoms with Gasteiger partial charge in [-0.15, -0.1) is 0 Å². The summed E-state index contributed by atoms with van der Waals surface area (Å²) in [7, 11) is 0. The topological polar surface area (TPSA) is 38.3 Å². The van der Waals surface area contributed by atoms with Crippen molar-refractivity contribution in [3.8, 4) is 5.75 Å². The van der Waals surface area contributed by atoms with Crippen LogP contribution in [0, 0.1) is 0 Å². The SMILES string of the molecule is C[C@@H](Oc1ccc2c(c1)CCCC2)C(=O)NCCSC(C)(C)C. The van der Waals surface area contributed by atoms with Gasteiger partial charge in [-0.25, -0.2) is 0 Å². The Balaban J connectivity index is 1.79. The fraction of sp³-hybridized carbons (Fsp3) is 0.632. The van der Waals surface area contributed by atoms with Crippen molar-refractivity contribution in [3.05, 3.63) is 29.3 Å². The van der Waals surface area contributed by atoms with Crippen LogP contribution in [-0.2, 0) is 17.6 Å². The van der Waals surface area contributed by atoms with Crippen LogP contribution in [0.3, 0.4) is 0 Å². The van der Waals surface area contributed by atoms with Gasteiger partial charge in [-0.05, 0) is 55.9 Å². The molecule has 1 aliphatic rings. The number of thioether (sulfide) groups is 1. The summed E-state index contributed by atoms with van der Waals surface area (Å²) in [5.41, 5.74) is 2.81. The van der Waals surface area contributed by atoms with E-state index in [2.05, 4.69) is 38.2 Å². The fourth-order valence-electron chi connectivity index (χ4n) is 2.72. The first-order valence-corrected chi connectivity index (χ1v) is 9.54. The zero-order valence-electron chi connectivity index (χ0n) is 14.8. The Labute approximate surface area is 144 Å². The molecule has 3 nitrogen and oxygen atoms in total. The van der Waals surface area contributed by atoms with Gasteiger partial charge in [0.25, 0.3) is 5.91 Å². The molecule has 23 heavy (non-hydrogen) atoms. The lowest BCUT2D eigenvalue weighted by Gasteiger charge is -2.20. The van der Waals surface area contributed by atoms with Gasteiger partial charge in [0.2, 0.25) is 0 Å². The summed E-state index contributed by atoms with van der Waals surface area (Å²) in [5.74, 6) is 1.68. The van der Waals surface area contributed by atoms with E-state index in [1.165, 1.54) is 24.0 Å². The van der Waals surface area contributed by atoms with Gasteiger partial charge in [-0.2, -0.15) is 11.8 Å². The monoisotopic (exact) mass is 335 g/mol. The maximum Gasteiger partial charge on any atom is 0.260 e. The second-order valence-electron chi connectivity index (χ2n) is 7.15. The molecule has 1 aliphatic carbocycles. The lowest BCUT2D eigenvalue weighted by atomic mass is 9.92. The van der Waals surface area contributed by atoms with Crippen LogP contribution in [0.15, 0.2) is 18.2 Å². The van der Waals surface area contributed by atoms with Crippen LogP contribution in [0.1, 0.15) is 51.7 Å². The third kappa shape index (κ3) is 6.09. The van der Waals surface area contributed by atoms with E-state index in [9.17, 15) is 4.79 Å². The van der Waals surface area contributed by atoms with Crippen LogP contribution in [0.5, 0.6) is 5.75 Å². The van der Waals surface area contributed by atoms with Gasteiger partial charge in [0.05, 0.1) is 0 Å².